The largest absolute Gasteiger partial charge is 0.337 e. The van der Waals surface area contributed by atoms with Crippen LogP contribution < -0.4 is 10.2 Å². The Morgan fingerprint density at radius 1 is 1.29 bits per heavy atom. The van der Waals surface area contributed by atoms with Crippen LogP contribution in [0.25, 0.3) is 0 Å². The minimum Gasteiger partial charge on any atom is -0.337 e. The molecule has 5 nitrogen and oxygen atoms in total. The second kappa shape index (κ2) is 7.72. The van der Waals surface area contributed by atoms with Gasteiger partial charge in [0.25, 0.3) is 0 Å². The van der Waals surface area contributed by atoms with Gasteiger partial charge in [-0.15, -0.1) is 12.4 Å². The molecular weight excluding hydrogens is 349 g/mol. The summed E-state index contributed by atoms with van der Waals surface area (Å²) in [6.45, 7) is 6.04. The SMILES string of the molecule is CC1NCCN(C(=O)C2CC(=O)N(c3ccccc3Cl)C2)C1C.Cl. The summed E-state index contributed by atoms with van der Waals surface area (Å²) < 4.78 is 0. The van der Waals surface area contributed by atoms with E-state index in [0.29, 0.717) is 23.8 Å². The van der Waals surface area contributed by atoms with Gasteiger partial charge < -0.3 is 15.1 Å². The Bertz CT molecular complexity index is 626. The maximum Gasteiger partial charge on any atom is 0.228 e. The Kier molecular flexibility index (Phi) is 6.12. The van der Waals surface area contributed by atoms with E-state index in [-0.39, 0.29) is 48.6 Å². The highest BCUT2D eigenvalue weighted by Crippen LogP contribution is 2.32. The fourth-order valence-corrected chi connectivity index (χ4v) is 3.62. The van der Waals surface area contributed by atoms with E-state index < -0.39 is 0 Å². The van der Waals surface area contributed by atoms with Gasteiger partial charge in [-0.2, -0.15) is 0 Å². The van der Waals surface area contributed by atoms with Crippen LogP contribution in [0.2, 0.25) is 5.02 Å². The number of halogens is 2. The van der Waals surface area contributed by atoms with Crippen molar-refractivity contribution in [2.45, 2.75) is 32.4 Å². The smallest absolute Gasteiger partial charge is 0.228 e. The Balaban J connectivity index is 0.00000208. The van der Waals surface area contributed by atoms with Gasteiger partial charge in [-0.25, -0.2) is 0 Å². The lowest BCUT2D eigenvalue weighted by molar-refractivity contribution is -0.139. The summed E-state index contributed by atoms with van der Waals surface area (Å²) in [6, 6.07) is 7.68. The van der Waals surface area contributed by atoms with E-state index in [0.717, 1.165) is 6.54 Å². The van der Waals surface area contributed by atoms with Gasteiger partial charge in [-0.3, -0.25) is 9.59 Å². The summed E-state index contributed by atoms with van der Waals surface area (Å²) >= 11 is 6.19. The summed E-state index contributed by atoms with van der Waals surface area (Å²) in [5.41, 5.74) is 0.691. The van der Waals surface area contributed by atoms with Crippen LogP contribution in [0.3, 0.4) is 0 Å². The van der Waals surface area contributed by atoms with Gasteiger partial charge in [0.1, 0.15) is 0 Å². The van der Waals surface area contributed by atoms with Crippen LogP contribution in [0.4, 0.5) is 5.69 Å². The molecule has 2 saturated heterocycles. The molecule has 3 atom stereocenters. The van der Waals surface area contributed by atoms with Gasteiger partial charge in [-0.05, 0) is 26.0 Å². The predicted molar refractivity (Wildman–Crippen MR) is 97.8 cm³/mol. The third kappa shape index (κ3) is 3.53. The standard InChI is InChI=1S/C17H22ClN3O2.ClH/c1-11-12(2)20(8-7-19-11)17(23)13-9-16(22)21(10-13)15-6-4-3-5-14(15)18;/h3-6,11-13,19H,7-10H2,1-2H3;1H. The van der Waals surface area contributed by atoms with Crippen molar-refractivity contribution in [2.75, 3.05) is 24.5 Å². The number of rotatable bonds is 2. The van der Waals surface area contributed by atoms with E-state index in [2.05, 4.69) is 19.2 Å². The molecule has 1 aromatic rings. The van der Waals surface area contributed by atoms with Crippen molar-refractivity contribution in [2.24, 2.45) is 5.92 Å². The Hall–Kier alpha value is -1.30. The molecule has 3 unspecified atom stereocenters. The van der Waals surface area contributed by atoms with Crippen molar-refractivity contribution < 1.29 is 9.59 Å². The van der Waals surface area contributed by atoms with E-state index in [1.807, 2.05) is 23.1 Å². The molecule has 0 saturated carbocycles. The minimum atomic E-state index is -0.286. The third-order valence-corrected chi connectivity index (χ3v) is 5.25. The number of hydrogen-bond donors (Lipinski definition) is 1. The molecule has 24 heavy (non-hydrogen) atoms. The van der Waals surface area contributed by atoms with Crippen LogP contribution in [-0.2, 0) is 9.59 Å². The van der Waals surface area contributed by atoms with Gasteiger partial charge in [0.2, 0.25) is 11.8 Å². The van der Waals surface area contributed by atoms with Crippen LogP contribution in [0, 0.1) is 5.92 Å². The quantitative estimate of drug-likeness (QED) is 0.867. The first kappa shape index (κ1) is 19.0. The number of anilines is 1. The fraction of sp³-hybridized carbons (Fsp3) is 0.529. The zero-order valence-electron chi connectivity index (χ0n) is 13.9. The molecule has 132 valence electrons. The number of nitrogens with one attached hydrogen (secondary N) is 1. The topological polar surface area (TPSA) is 52.7 Å². The van der Waals surface area contributed by atoms with E-state index in [1.165, 1.54) is 0 Å². The van der Waals surface area contributed by atoms with Crippen LogP contribution in [0.5, 0.6) is 0 Å². The number of amides is 2. The second-order valence-electron chi connectivity index (χ2n) is 6.37. The zero-order valence-corrected chi connectivity index (χ0v) is 15.4. The third-order valence-electron chi connectivity index (χ3n) is 4.93. The van der Waals surface area contributed by atoms with Gasteiger partial charge in [-0.1, -0.05) is 23.7 Å². The van der Waals surface area contributed by atoms with Crippen molar-refractivity contribution in [3.8, 4) is 0 Å². The first-order chi connectivity index (χ1) is 11.0. The van der Waals surface area contributed by atoms with Crippen molar-refractivity contribution >= 4 is 41.5 Å². The highest BCUT2D eigenvalue weighted by molar-refractivity contribution is 6.33. The van der Waals surface area contributed by atoms with E-state index >= 15 is 0 Å². The lowest BCUT2D eigenvalue weighted by atomic mass is 10.0. The van der Waals surface area contributed by atoms with Crippen LogP contribution in [-0.4, -0.2) is 48.4 Å². The molecule has 2 heterocycles. The Labute approximate surface area is 153 Å². The molecule has 0 bridgehead atoms. The lowest BCUT2D eigenvalue weighted by Crippen LogP contribution is -2.58. The van der Waals surface area contributed by atoms with Crippen molar-refractivity contribution in [1.29, 1.82) is 0 Å². The number of benzene rings is 1. The first-order valence-corrected chi connectivity index (χ1v) is 8.45. The van der Waals surface area contributed by atoms with Crippen LogP contribution >= 0.6 is 24.0 Å². The van der Waals surface area contributed by atoms with Gasteiger partial charge in [0.05, 0.1) is 16.6 Å². The molecule has 2 aliphatic heterocycles. The minimum absolute atomic E-state index is 0. The van der Waals surface area contributed by atoms with Gasteiger partial charge in [0.15, 0.2) is 0 Å². The summed E-state index contributed by atoms with van der Waals surface area (Å²) in [5.74, 6) is -0.243. The molecule has 3 rings (SSSR count). The summed E-state index contributed by atoms with van der Waals surface area (Å²) in [4.78, 5) is 28.8. The molecule has 0 aliphatic carbocycles. The van der Waals surface area contributed by atoms with Gasteiger partial charge >= 0.3 is 0 Å². The molecule has 0 spiro atoms. The molecular formula is C17H23Cl2N3O2. The van der Waals surface area contributed by atoms with E-state index in [4.69, 9.17) is 11.6 Å². The number of hydrogen-bond acceptors (Lipinski definition) is 3. The Morgan fingerprint density at radius 3 is 2.71 bits per heavy atom. The Morgan fingerprint density at radius 2 is 2.00 bits per heavy atom. The molecule has 0 aromatic heterocycles. The number of nitrogens with zero attached hydrogens (tertiary/aromatic N) is 2. The normalized spacial score (nSPS) is 27.1. The maximum absolute atomic E-state index is 12.8. The summed E-state index contributed by atoms with van der Waals surface area (Å²) in [6.07, 6.45) is 0.259. The summed E-state index contributed by atoms with van der Waals surface area (Å²) in [5, 5.41) is 3.91. The number of para-hydroxylation sites is 1. The predicted octanol–water partition coefficient (Wildman–Crippen LogP) is 2.32. The highest BCUT2D eigenvalue weighted by atomic mass is 35.5. The highest BCUT2D eigenvalue weighted by Gasteiger charge is 2.40. The number of carbonyl (C=O) groups excluding carboxylic acids is 2. The molecule has 0 radical (unpaired) electrons. The molecule has 2 fully saturated rings. The van der Waals surface area contributed by atoms with E-state index in [9.17, 15) is 9.59 Å². The van der Waals surface area contributed by atoms with E-state index in [1.54, 1.807) is 11.0 Å². The first-order valence-electron chi connectivity index (χ1n) is 8.08. The van der Waals surface area contributed by atoms with Crippen molar-refractivity contribution in [3.05, 3.63) is 29.3 Å². The summed E-state index contributed by atoms with van der Waals surface area (Å²) in [7, 11) is 0. The molecule has 2 aliphatic rings. The van der Waals surface area contributed by atoms with Crippen LogP contribution in [0.15, 0.2) is 24.3 Å². The monoisotopic (exact) mass is 371 g/mol. The average Bonchev–Trinajstić information content (AvgIpc) is 2.92. The molecule has 7 heteroatoms. The maximum atomic E-state index is 12.8. The fourth-order valence-electron chi connectivity index (χ4n) is 3.38. The molecule has 2 amide bonds. The van der Waals surface area contributed by atoms with Crippen molar-refractivity contribution in [1.82, 2.24) is 10.2 Å². The lowest BCUT2D eigenvalue weighted by Gasteiger charge is -2.39. The molecule has 1 aromatic carbocycles. The van der Waals surface area contributed by atoms with Gasteiger partial charge in [0, 0.05) is 38.1 Å². The molecule has 1 N–H and O–H groups in total. The average molecular weight is 372 g/mol. The van der Waals surface area contributed by atoms with Crippen LogP contribution in [0.1, 0.15) is 20.3 Å². The zero-order chi connectivity index (χ0) is 16.6. The second-order valence-corrected chi connectivity index (χ2v) is 6.78. The number of piperazine rings is 1. The van der Waals surface area contributed by atoms with Crippen molar-refractivity contribution in [3.63, 3.8) is 0 Å². The number of carbonyl (C=O) groups is 2.